The Hall–Kier alpha value is -2.66. The Labute approximate surface area is 147 Å². The smallest absolute Gasteiger partial charge is 0.269 e. The first-order chi connectivity index (χ1) is 12.3. The minimum Gasteiger partial charge on any atom is -0.369 e. The Morgan fingerprint density at radius 1 is 0.840 bits per heavy atom. The third kappa shape index (κ3) is 3.42. The van der Waals surface area contributed by atoms with Crippen molar-refractivity contribution in [3.63, 3.8) is 0 Å². The van der Waals surface area contributed by atoms with Gasteiger partial charge in [0.15, 0.2) is 0 Å². The van der Waals surface area contributed by atoms with Gasteiger partial charge in [-0.2, -0.15) is 0 Å². The molecule has 0 saturated carbocycles. The SMILES string of the molecule is O=c1cnc2ccccc2n1CCN1CCN(c2ccccc2)CC1. The summed E-state index contributed by atoms with van der Waals surface area (Å²) in [7, 11) is 0. The van der Waals surface area contributed by atoms with Crippen molar-refractivity contribution in [1.82, 2.24) is 14.5 Å². The van der Waals surface area contributed by atoms with Crippen LogP contribution in [-0.4, -0.2) is 47.2 Å². The van der Waals surface area contributed by atoms with Crippen LogP contribution in [0.3, 0.4) is 0 Å². The van der Waals surface area contributed by atoms with Crippen LogP contribution in [0.5, 0.6) is 0 Å². The monoisotopic (exact) mass is 334 g/mol. The van der Waals surface area contributed by atoms with E-state index in [4.69, 9.17) is 0 Å². The average Bonchev–Trinajstić information content (AvgIpc) is 2.68. The maximum absolute atomic E-state index is 12.2. The predicted molar refractivity (Wildman–Crippen MR) is 101 cm³/mol. The van der Waals surface area contributed by atoms with E-state index in [1.165, 1.54) is 11.9 Å². The number of para-hydroxylation sites is 3. The lowest BCUT2D eigenvalue weighted by Gasteiger charge is -2.36. The van der Waals surface area contributed by atoms with Crippen LogP contribution in [0, 0.1) is 0 Å². The Balaban J connectivity index is 1.40. The lowest BCUT2D eigenvalue weighted by molar-refractivity contribution is 0.248. The second kappa shape index (κ2) is 7.07. The summed E-state index contributed by atoms with van der Waals surface area (Å²) in [5.41, 5.74) is 3.05. The quantitative estimate of drug-likeness (QED) is 0.734. The first kappa shape index (κ1) is 15.8. The molecule has 1 saturated heterocycles. The highest BCUT2D eigenvalue weighted by molar-refractivity contribution is 5.74. The van der Waals surface area contributed by atoms with Crippen LogP contribution in [-0.2, 0) is 6.54 Å². The van der Waals surface area contributed by atoms with E-state index >= 15 is 0 Å². The number of piperazine rings is 1. The van der Waals surface area contributed by atoms with Crippen LogP contribution in [0.15, 0.2) is 65.6 Å². The Morgan fingerprint density at radius 2 is 1.56 bits per heavy atom. The molecule has 0 N–H and O–H groups in total. The molecule has 1 aliphatic heterocycles. The first-order valence-corrected chi connectivity index (χ1v) is 8.78. The summed E-state index contributed by atoms with van der Waals surface area (Å²) in [5.74, 6) is 0. The third-order valence-corrected chi connectivity index (χ3v) is 4.89. The molecule has 1 aliphatic rings. The molecule has 0 aliphatic carbocycles. The van der Waals surface area contributed by atoms with E-state index in [1.807, 2.05) is 28.8 Å². The van der Waals surface area contributed by atoms with Gasteiger partial charge in [-0.15, -0.1) is 0 Å². The Kier molecular flexibility index (Phi) is 4.48. The maximum Gasteiger partial charge on any atom is 0.269 e. The molecule has 1 aromatic heterocycles. The number of anilines is 1. The minimum absolute atomic E-state index is 0.0263. The number of hydrogen-bond acceptors (Lipinski definition) is 4. The lowest BCUT2D eigenvalue weighted by Crippen LogP contribution is -2.47. The first-order valence-electron chi connectivity index (χ1n) is 8.78. The molecule has 1 fully saturated rings. The summed E-state index contributed by atoms with van der Waals surface area (Å²) < 4.78 is 1.84. The van der Waals surface area contributed by atoms with Crippen LogP contribution < -0.4 is 10.5 Å². The number of nitrogens with zero attached hydrogens (tertiary/aromatic N) is 4. The number of rotatable bonds is 4. The highest BCUT2D eigenvalue weighted by Crippen LogP contribution is 2.15. The van der Waals surface area contributed by atoms with E-state index in [-0.39, 0.29) is 5.56 Å². The van der Waals surface area contributed by atoms with Crippen LogP contribution in [0.1, 0.15) is 0 Å². The van der Waals surface area contributed by atoms with Gasteiger partial charge in [0.2, 0.25) is 0 Å². The molecule has 3 aromatic rings. The summed E-state index contributed by atoms with van der Waals surface area (Å²) in [5, 5.41) is 0. The van der Waals surface area contributed by atoms with Gasteiger partial charge in [0.1, 0.15) is 0 Å². The van der Waals surface area contributed by atoms with Gasteiger partial charge in [-0.1, -0.05) is 30.3 Å². The summed E-state index contributed by atoms with van der Waals surface area (Å²) >= 11 is 0. The summed E-state index contributed by atoms with van der Waals surface area (Å²) in [4.78, 5) is 21.3. The van der Waals surface area contributed by atoms with Crippen LogP contribution in [0.25, 0.3) is 11.0 Å². The number of aromatic nitrogens is 2. The fourth-order valence-electron chi connectivity index (χ4n) is 3.46. The number of benzene rings is 2. The Morgan fingerprint density at radius 3 is 2.36 bits per heavy atom. The van der Waals surface area contributed by atoms with E-state index in [1.54, 1.807) is 0 Å². The van der Waals surface area contributed by atoms with Crippen molar-refractivity contribution >= 4 is 16.7 Å². The lowest BCUT2D eigenvalue weighted by atomic mass is 10.2. The van der Waals surface area contributed by atoms with E-state index < -0.39 is 0 Å². The topological polar surface area (TPSA) is 41.4 Å². The molecule has 0 amide bonds. The molecule has 0 radical (unpaired) electrons. The average molecular weight is 334 g/mol. The molecule has 128 valence electrons. The highest BCUT2D eigenvalue weighted by Gasteiger charge is 2.17. The zero-order valence-corrected chi connectivity index (χ0v) is 14.2. The summed E-state index contributed by atoms with van der Waals surface area (Å²) in [6, 6.07) is 18.4. The summed E-state index contributed by atoms with van der Waals surface area (Å²) in [6.07, 6.45) is 1.43. The molecule has 0 spiro atoms. The molecule has 25 heavy (non-hydrogen) atoms. The van der Waals surface area contributed by atoms with Crippen LogP contribution in [0.4, 0.5) is 5.69 Å². The van der Waals surface area contributed by atoms with Crippen molar-refractivity contribution in [1.29, 1.82) is 0 Å². The largest absolute Gasteiger partial charge is 0.369 e. The number of hydrogen-bond donors (Lipinski definition) is 0. The van der Waals surface area contributed by atoms with Gasteiger partial charge in [0.25, 0.3) is 5.56 Å². The molecule has 0 unspecified atom stereocenters. The van der Waals surface area contributed by atoms with Gasteiger partial charge < -0.3 is 9.47 Å². The van der Waals surface area contributed by atoms with Crippen molar-refractivity contribution < 1.29 is 0 Å². The van der Waals surface area contributed by atoms with Crippen molar-refractivity contribution in [3.8, 4) is 0 Å². The molecule has 4 rings (SSSR count). The maximum atomic E-state index is 12.2. The minimum atomic E-state index is -0.0263. The van der Waals surface area contributed by atoms with E-state index in [0.717, 1.165) is 43.8 Å². The zero-order chi connectivity index (χ0) is 17.1. The van der Waals surface area contributed by atoms with Gasteiger partial charge >= 0.3 is 0 Å². The van der Waals surface area contributed by atoms with Gasteiger partial charge in [-0.25, -0.2) is 4.98 Å². The van der Waals surface area contributed by atoms with Gasteiger partial charge in [-0.05, 0) is 24.3 Å². The molecule has 0 bridgehead atoms. The van der Waals surface area contributed by atoms with Gasteiger partial charge in [0, 0.05) is 45.0 Å². The molecular weight excluding hydrogens is 312 g/mol. The second-order valence-electron chi connectivity index (χ2n) is 6.40. The molecule has 2 heterocycles. The molecule has 2 aromatic carbocycles. The van der Waals surface area contributed by atoms with E-state index in [2.05, 4.69) is 45.1 Å². The molecule has 5 heteroatoms. The normalized spacial score (nSPS) is 15.6. The number of fused-ring (bicyclic) bond motifs is 1. The van der Waals surface area contributed by atoms with Gasteiger partial charge in [0.05, 0.1) is 17.2 Å². The fourth-order valence-corrected chi connectivity index (χ4v) is 3.46. The molecule has 0 atom stereocenters. The molecular formula is C20H22N4O. The van der Waals surface area contributed by atoms with E-state index in [9.17, 15) is 4.79 Å². The third-order valence-electron chi connectivity index (χ3n) is 4.89. The van der Waals surface area contributed by atoms with Crippen molar-refractivity contribution in [2.24, 2.45) is 0 Å². The standard InChI is InChI=1S/C20H22N4O/c25-20-16-21-18-8-4-5-9-19(18)24(20)15-12-22-10-13-23(14-11-22)17-6-2-1-3-7-17/h1-9,16H,10-15H2. The van der Waals surface area contributed by atoms with Crippen LogP contribution in [0.2, 0.25) is 0 Å². The predicted octanol–water partition coefficient (Wildman–Crippen LogP) is 2.22. The molecule has 5 nitrogen and oxygen atoms in total. The van der Waals surface area contributed by atoms with Crippen molar-refractivity contribution in [2.75, 3.05) is 37.6 Å². The van der Waals surface area contributed by atoms with Crippen LogP contribution >= 0.6 is 0 Å². The van der Waals surface area contributed by atoms with Gasteiger partial charge in [-0.3, -0.25) is 9.69 Å². The fraction of sp³-hybridized carbons (Fsp3) is 0.300. The van der Waals surface area contributed by atoms with E-state index in [0.29, 0.717) is 6.54 Å². The van der Waals surface area contributed by atoms with Crippen molar-refractivity contribution in [2.45, 2.75) is 6.54 Å². The Bertz CT molecular complexity index is 898. The highest BCUT2D eigenvalue weighted by atomic mass is 16.1. The summed E-state index contributed by atoms with van der Waals surface area (Å²) in [6.45, 7) is 5.68. The zero-order valence-electron chi connectivity index (χ0n) is 14.2. The second-order valence-corrected chi connectivity index (χ2v) is 6.40. The van der Waals surface area contributed by atoms with Crippen molar-refractivity contribution in [3.05, 3.63) is 71.1 Å².